The van der Waals surface area contributed by atoms with Gasteiger partial charge in [-0.05, 0) is 19.4 Å². The molecule has 2 aromatic rings. The van der Waals surface area contributed by atoms with Crippen LogP contribution in [0.5, 0.6) is 6.01 Å². The molecule has 0 aliphatic carbocycles. The third kappa shape index (κ3) is 4.34. The number of nitrogens with one attached hydrogen (secondary N) is 1. The van der Waals surface area contributed by atoms with Crippen LogP contribution >= 0.6 is 0 Å². The maximum Gasteiger partial charge on any atom is 0.323 e. The van der Waals surface area contributed by atoms with Crippen LogP contribution in [-0.2, 0) is 6.54 Å². The van der Waals surface area contributed by atoms with Gasteiger partial charge in [0.15, 0.2) is 0 Å². The molecule has 0 aliphatic heterocycles. The summed E-state index contributed by atoms with van der Waals surface area (Å²) < 4.78 is 10.5. The molecule has 0 unspecified atom stereocenters. The second-order valence-electron chi connectivity index (χ2n) is 4.59. The van der Waals surface area contributed by atoms with Crippen molar-refractivity contribution in [2.24, 2.45) is 0 Å². The van der Waals surface area contributed by atoms with Crippen LogP contribution in [0, 0.1) is 0 Å². The average Bonchev–Trinajstić information content (AvgIpc) is 2.98. The zero-order valence-electron chi connectivity index (χ0n) is 12.7. The molecule has 7 heteroatoms. The molecular weight excluding hydrogens is 270 g/mol. The molecular formula is C14H21N5O2. The highest BCUT2D eigenvalue weighted by molar-refractivity contribution is 5.38. The second kappa shape index (κ2) is 7.47. The lowest BCUT2D eigenvalue weighted by atomic mass is 10.3. The number of ether oxygens (including phenoxy) is 1. The molecule has 0 fully saturated rings. The Bertz CT molecular complexity index is 544. The van der Waals surface area contributed by atoms with Gasteiger partial charge in [-0.25, -0.2) is 0 Å². The fraction of sp³-hybridized carbons (Fsp3) is 0.500. The molecule has 2 rings (SSSR count). The Balaban J connectivity index is 2.17. The largest absolute Gasteiger partial charge is 0.472 e. The van der Waals surface area contributed by atoms with E-state index in [1.54, 1.807) is 12.5 Å². The third-order valence-corrected chi connectivity index (χ3v) is 2.75. The van der Waals surface area contributed by atoms with Gasteiger partial charge in [0.2, 0.25) is 11.9 Å². The van der Waals surface area contributed by atoms with E-state index in [2.05, 4.69) is 27.2 Å². The summed E-state index contributed by atoms with van der Waals surface area (Å²) in [6.07, 6.45) is 4.35. The number of furan rings is 1. The van der Waals surface area contributed by atoms with Crippen molar-refractivity contribution >= 4 is 11.9 Å². The molecule has 0 saturated carbocycles. The lowest BCUT2D eigenvalue weighted by molar-refractivity contribution is 0.312. The first kappa shape index (κ1) is 15.1. The second-order valence-corrected chi connectivity index (χ2v) is 4.59. The Morgan fingerprint density at radius 1 is 1.29 bits per heavy atom. The highest BCUT2D eigenvalue weighted by Crippen LogP contribution is 2.16. The quantitative estimate of drug-likeness (QED) is 0.799. The van der Waals surface area contributed by atoms with Gasteiger partial charge in [0.1, 0.15) is 0 Å². The summed E-state index contributed by atoms with van der Waals surface area (Å²) in [6.45, 7) is 5.96. The van der Waals surface area contributed by atoms with Crippen molar-refractivity contribution < 1.29 is 9.15 Å². The van der Waals surface area contributed by atoms with E-state index in [1.165, 1.54) is 0 Å². The summed E-state index contributed by atoms with van der Waals surface area (Å²) >= 11 is 0. The maximum atomic E-state index is 5.41. The van der Waals surface area contributed by atoms with Gasteiger partial charge in [-0.2, -0.15) is 15.0 Å². The predicted molar refractivity (Wildman–Crippen MR) is 80.6 cm³/mol. The Morgan fingerprint density at radius 3 is 2.81 bits per heavy atom. The molecule has 0 atom stereocenters. The number of hydrogen-bond donors (Lipinski definition) is 1. The minimum atomic E-state index is 0.333. The molecule has 114 valence electrons. The van der Waals surface area contributed by atoms with Crippen LogP contribution in [0.3, 0.4) is 0 Å². The van der Waals surface area contributed by atoms with Gasteiger partial charge >= 0.3 is 6.01 Å². The fourth-order valence-electron chi connectivity index (χ4n) is 1.75. The zero-order valence-corrected chi connectivity index (χ0v) is 12.7. The number of nitrogens with zero attached hydrogens (tertiary/aromatic N) is 4. The normalized spacial score (nSPS) is 10.4. The summed E-state index contributed by atoms with van der Waals surface area (Å²) in [7, 11) is 1.92. The molecule has 21 heavy (non-hydrogen) atoms. The first-order valence-corrected chi connectivity index (χ1v) is 7.07. The van der Waals surface area contributed by atoms with E-state index in [0.717, 1.165) is 18.5 Å². The van der Waals surface area contributed by atoms with Gasteiger partial charge in [-0.15, -0.1) is 0 Å². The van der Waals surface area contributed by atoms with Crippen LogP contribution in [0.2, 0.25) is 0 Å². The summed E-state index contributed by atoms with van der Waals surface area (Å²) in [4.78, 5) is 14.9. The highest BCUT2D eigenvalue weighted by atomic mass is 16.5. The van der Waals surface area contributed by atoms with Crippen LogP contribution in [0.15, 0.2) is 23.0 Å². The zero-order chi connectivity index (χ0) is 15.1. The van der Waals surface area contributed by atoms with Crippen molar-refractivity contribution in [1.82, 2.24) is 15.0 Å². The molecule has 2 aromatic heterocycles. The van der Waals surface area contributed by atoms with Crippen LogP contribution in [0.4, 0.5) is 11.9 Å². The van der Waals surface area contributed by atoms with Crippen molar-refractivity contribution in [3.8, 4) is 6.01 Å². The van der Waals surface area contributed by atoms with E-state index in [9.17, 15) is 0 Å². The Kier molecular flexibility index (Phi) is 5.36. The minimum absolute atomic E-state index is 0.333. The van der Waals surface area contributed by atoms with E-state index in [4.69, 9.17) is 9.15 Å². The lowest BCUT2D eigenvalue weighted by Crippen LogP contribution is -2.20. The molecule has 2 heterocycles. The Labute approximate surface area is 124 Å². The van der Waals surface area contributed by atoms with Crippen molar-refractivity contribution in [3.05, 3.63) is 24.2 Å². The third-order valence-electron chi connectivity index (χ3n) is 2.75. The van der Waals surface area contributed by atoms with E-state index in [-0.39, 0.29) is 0 Å². The highest BCUT2D eigenvalue weighted by Gasteiger charge is 2.12. The standard InChI is InChI=1S/C14H21N5O2/c1-4-7-15-12-16-13(18-14(17-12)21-5-2)19(3)9-11-6-8-20-10-11/h6,8,10H,4-5,7,9H2,1-3H3,(H,15,16,17,18). The SMILES string of the molecule is CCCNc1nc(OCC)nc(N(C)Cc2ccoc2)n1. The van der Waals surface area contributed by atoms with E-state index >= 15 is 0 Å². The maximum absolute atomic E-state index is 5.41. The molecule has 0 bridgehead atoms. The summed E-state index contributed by atoms with van der Waals surface area (Å²) in [5.74, 6) is 1.09. The molecule has 0 amide bonds. The van der Waals surface area contributed by atoms with Gasteiger partial charge < -0.3 is 19.4 Å². The number of hydrogen-bond acceptors (Lipinski definition) is 7. The van der Waals surface area contributed by atoms with Crippen molar-refractivity contribution in [3.63, 3.8) is 0 Å². The van der Waals surface area contributed by atoms with Crippen LogP contribution in [0.25, 0.3) is 0 Å². The summed E-state index contributed by atoms with van der Waals surface area (Å²) in [5.41, 5.74) is 1.05. The number of rotatable bonds is 8. The Morgan fingerprint density at radius 2 is 2.14 bits per heavy atom. The molecule has 7 nitrogen and oxygen atoms in total. The van der Waals surface area contributed by atoms with Gasteiger partial charge in [0, 0.05) is 25.7 Å². The van der Waals surface area contributed by atoms with E-state index in [0.29, 0.717) is 31.1 Å². The predicted octanol–water partition coefficient (Wildman–Crippen LogP) is 2.32. The molecule has 1 N–H and O–H groups in total. The van der Waals surface area contributed by atoms with Crippen molar-refractivity contribution in [2.75, 3.05) is 30.4 Å². The van der Waals surface area contributed by atoms with Crippen molar-refractivity contribution in [2.45, 2.75) is 26.8 Å². The van der Waals surface area contributed by atoms with Gasteiger partial charge in [0.25, 0.3) is 0 Å². The fourth-order valence-corrected chi connectivity index (χ4v) is 1.75. The first-order chi connectivity index (χ1) is 10.2. The number of anilines is 2. The van der Waals surface area contributed by atoms with Crippen LogP contribution in [-0.4, -0.2) is 35.2 Å². The average molecular weight is 291 g/mol. The first-order valence-electron chi connectivity index (χ1n) is 7.07. The minimum Gasteiger partial charge on any atom is -0.472 e. The topological polar surface area (TPSA) is 76.3 Å². The van der Waals surface area contributed by atoms with Crippen LogP contribution < -0.4 is 15.0 Å². The molecule has 0 saturated heterocycles. The van der Waals surface area contributed by atoms with E-state index in [1.807, 2.05) is 24.9 Å². The van der Waals surface area contributed by atoms with Crippen molar-refractivity contribution in [1.29, 1.82) is 0 Å². The summed E-state index contributed by atoms with van der Waals surface area (Å²) in [5, 5.41) is 3.16. The summed E-state index contributed by atoms with van der Waals surface area (Å²) in [6, 6.07) is 2.25. The van der Waals surface area contributed by atoms with Crippen LogP contribution in [0.1, 0.15) is 25.8 Å². The molecule has 0 radical (unpaired) electrons. The molecule has 0 aromatic carbocycles. The van der Waals surface area contributed by atoms with E-state index < -0.39 is 0 Å². The number of aromatic nitrogens is 3. The lowest BCUT2D eigenvalue weighted by Gasteiger charge is -2.17. The molecule has 0 spiro atoms. The van der Waals surface area contributed by atoms with Gasteiger partial charge in [-0.1, -0.05) is 6.92 Å². The smallest absolute Gasteiger partial charge is 0.323 e. The Hall–Kier alpha value is -2.31. The monoisotopic (exact) mass is 291 g/mol. The molecule has 0 aliphatic rings. The van der Waals surface area contributed by atoms with Gasteiger partial charge in [0.05, 0.1) is 19.1 Å². The van der Waals surface area contributed by atoms with Gasteiger partial charge in [-0.3, -0.25) is 0 Å².